The molecular weight excluding hydrogens is 268 g/mol. The van der Waals surface area contributed by atoms with Gasteiger partial charge in [0, 0.05) is 12.5 Å². The second-order valence-corrected chi connectivity index (χ2v) is 8.87. The number of carbonyl (C=O) groups excluding carboxylic acids is 1. The Labute approximate surface area is 125 Å². The van der Waals surface area contributed by atoms with E-state index in [-0.39, 0.29) is 11.0 Å². The van der Waals surface area contributed by atoms with Crippen LogP contribution in [-0.4, -0.2) is 28.4 Å². The molecule has 3 atom stereocenters. The third-order valence-corrected chi connectivity index (χ3v) is 5.01. The normalized spacial score (nSPS) is 33.4. The Morgan fingerprint density at radius 3 is 2.85 bits per heavy atom. The molecule has 0 unspecified atom stereocenters. The third-order valence-electron chi connectivity index (χ3n) is 3.97. The van der Waals surface area contributed by atoms with Crippen LogP contribution in [0, 0.1) is 11.8 Å². The van der Waals surface area contributed by atoms with Crippen LogP contribution in [0.2, 0.25) is 5.04 Å². The Morgan fingerprint density at radius 1 is 1.30 bits per heavy atom. The summed E-state index contributed by atoms with van der Waals surface area (Å²) in [6.45, 7) is 7.16. The van der Waals surface area contributed by atoms with Crippen LogP contribution in [0.3, 0.4) is 0 Å². The Hall–Kier alpha value is -0.613. The second-order valence-electron chi connectivity index (χ2n) is 6.93. The van der Waals surface area contributed by atoms with Crippen LogP contribution >= 0.6 is 0 Å². The van der Waals surface area contributed by atoms with E-state index in [4.69, 9.17) is 9.16 Å². The molecule has 2 radical (unpaired) electrons. The van der Waals surface area contributed by atoms with Crippen molar-refractivity contribution in [2.75, 3.05) is 6.61 Å². The van der Waals surface area contributed by atoms with E-state index in [1.165, 1.54) is 0 Å². The fourth-order valence-corrected chi connectivity index (χ4v) is 3.79. The number of cyclic esters (lactones) is 1. The van der Waals surface area contributed by atoms with Gasteiger partial charge < -0.3 is 9.16 Å². The first-order chi connectivity index (χ1) is 9.46. The maximum atomic E-state index is 11.8. The average molecular weight is 294 g/mol. The van der Waals surface area contributed by atoms with E-state index in [2.05, 4.69) is 32.9 Å². The SMILES string of the molecule is CC(C)(C)[Si]O[C@@H]1CC[C@@H]2CC(=O)OCC/C=C\C[C@@H]21. The lowest BCUT2D eigenvalue weighted by atomic mass is 9.88. The predicted octanol–water partition coefficient (Wildman–Crippen LogP) is 3.52. The molecule has 0 aromatic heterocycles. The van der Waals surface area contributed by atoms with E-state index < -0.39 is 0 Å². The summed E-state index contributed by atoms with van der Waals surface area (Å²) in [6.07, 6.45) is 9.31. The molecule has 2 rings (SSSR count). The molecule has 0 amide bonds. The molecule has 3 nitrogen and oxygen atoms in total. The monoisotopic (exact) mass is 294 g/mol. The van der Waals surface area contributed by atoms with Crippen molar-refractivity contribution in [3.8, 4) is 0 Å². The Kier molecular flexibility index (Phi) is 5.44. The number of rotatable bonds is 2. The fraction of sp³-hybridized carbons (Fsp3) is 0.812. The van der Waals surface area contributed by atoms with E-state index >= 15 is 0 Å². The van der Waals surface area contributed by atoms with Gasteiger partial charge in [0.2, 0.25) is 9.76 Å². The Balaban J connectivity index is 1.98. The molecule has 1 fully saturated rings. The first-order valence-corrected chi connectivity index (χ1v) is 8.60. The lowest BCUT2D eigenvalue weighted by Crippen LogP contribution is -2.28. The van der Waals surface area contributed by atoms with Crippen molar-refractivity contribution in [3.05, 3.63) is 12.2 Å². The summed E-state index contributed by atoms with van der Waals surface area (Å²) in [4.78, 5) is 11.8. The molecule has 1 aliphatic carbocycles. The maximum Gasteiger partial charge on any atom is 0.306 e. The van der Waals surface area contributed by atoms with E-state index in [9.17, 15) is 4.79 Å². The molecule has 0 bridgehead atoms. The second kappa shape index (κ2) is 6.90. The first kappa shape index (κ1) is 15.8. The van der Waals surface area contributed by atoms with Gasteiger partial charge in [0.1, 0.15) is 0 Å². The highest BCUT2D eigenvalue weighted by atomic mass is 28.2. The van der Waals surface area contributed by atoms with Crippen LogP contribution in [-0.2, 0) is 14.0 Å². The highest BCUT2D eigenvalue weighted by Crippen LogP contribution is 2.40. The summed E-state index contributed by atoms with van der Waals surface area (Å²) in [5.41, 5.74) is 0. The molecular formula is C16H26O3Si. The largest absolute Gasteiger partial charge is 0.465 e. The molecule has 0 spiro atoms. The van der Waals surface area contributed by atoms with Crippen LogP contribution in [0.5, 0.6) is 0 Å². The average Bonchev–Trinajstić information content (AvgIpc) is 2.73. The smallest absolute Gasteiger partial charge is 0.306 e. The van der Waals surface area contributed by atoms with Gasteiger partial charge in [0.15, 0.2) is 0 Å². The van der Waals surface area contributed by atoms with E-state index in [1.807, 2.05) is 0 Å². The summed E-state index contributed by atoms with van der Waals surface area (Å²) in [5, 5.41) is 0.225. The Bertz CT molecular complexity index is 359. The fourth-order valence-electron chi connectivity index (χ4n) is 2.99. The van der Waals surface area contributed by atoms with Crippen molar-refractivity contribution in [1.82, 2.24) is 0 Å². The topological polar surface area (TPSA) is 35.5 Å². The number of hydrogen-bond acceptors (Lipinski definition) is 3. The van der Waals surface area contributed by atoms with Gasteiger partial charge in [-0.25, -0.2) is 0 Å². The zero-order valence-corrected chi connectivity index (χ0v) is 13.9. The number of fused-ring (bicyclic) bond motifs is 1. The Morgan fingerprint density at radius 2 is 2.10 bits per heavy atom. The van der Waals surface area contributed by atoms with Gasteiger partial charge in [-0.3, -0.25) is 4.79 Å². The van der Waals surface area contributed by atoms with Crippen LogP contribution in [0.1, 0.15) is 52.9 Å². The van der Waals surface area contributed by atoms with Gasteiger partial charge in [0.25, 0.3) is 0 Å². The standard InChI is InChI=1S/C16H26O3Si/c1-16(2,3)20-19-14-9-8-12-11-15(17)18-10-6-4-5-7-13(12)14/h4-5,12-14H,6-11H2,1-3H3/b5-4-/t12-,13+,14-/m1/s1. The first-order valence-electron chi connectivity index (χ1n) is 7.69. The number of carbonyl (C=O) groups is 1. The van der Waals surface area contributed by atoms with Crippen molar-refractivity contribution < 1.29 is 14.0 Å². The molecule has 1 saturated carbocycles. The van der Waals surface area contributed by atoms with Crippen molar-refractivity contribution in [2.45, 2.75) is 64.0 Å². The van der Waals surface area contributed by atoms with Crippen LogP contribution in [0.4, 0.5) is 0 Å². The lowest BCUT2D eigenvalue weighted by molar-refractivity contribution is -0.145. The summed E-state index contributed by atoms with van der Waals surface area (Å²) in [5.74, 6) is 0.876. The van der Waals surface area contributed by atoms with E-state index in [0.29, 0.717) is 40.7 Å². The zero-order chi connectivity index (χ0) is 14.6. The van der Waals surface area contributed by atoms with Gasteiger partial charge in [0.05, 0.1) is 6.61 Å². The summed E-state index contributed by atoms with van der Waals surface area (Å²) in [6, 6.07) is 0. The number of esters is 1. The molecule has 0 N–H and O–H groups in total. The van der Waals surface area contributed by atoms with Crippen molar-refractivity contribution in [1.29, 1.82) is 0 Å². The van der Waals surface area contributed by atoms with Crippen molar-refractivity contribution in [3.63, 3.8) is 0 Å². The molecule has 0 aromatic rings. The van der Waals surface area contributed by atoms with Gasteiger partial charge in [-0.1, -0.05) is 32.9 Å². The molecule has 112 valence electrons. The summed E-state index contributed by atoms with van der Waals surface area (Å²) < 4.78 is 11.4. The van der Waals surface area contributed by atoms with Crippen LogP contribution < -0.4 is 0 Å². The van der Waals surface area contributed by atoms with Gasteiger partial charge >= 0.3 is 5.97 Å². The van der Waals surface area contributed by atoms with Gasteiger partial charge in [-0.2, -0.15) is 0 Å². The summed E-state index contributed by atoms with van der Waals surface area (Å²) >= 11 is 0. The van der Waals surface area contributed by atoms with Crippen molar-refractivity contribution >= 4 is 15.7 Å². The highest BCUT2D eigenvalue weighted by molar-refractivity contribution is 6.31. The van der Waals surface area contributed by atoms with Crippen LogP contribution in [0.15, 0.2) is 12.2 Å². The minimum Gasteiger partial charge on any atom is -0.465 e. The maximum absolute atomic E-state index is 11.8. The molecule has 1 aliphatic heterocycles. The number of hydrogen-bond donors (Lipinski definition) is 0. The summed E-state index contributed by atoms with van der Waals surface area (Å²) in [7, 11) is 0.526. The number of ether oxygens (including phenoxy) is 1. The lowest BCUT2D eigenvalue weighted by Gasteiger charge is -2.27. The molecule has 0 aromatic carbocycles. The van der Waals surface area contributed by atoms with Crippen LogP contribution in [0.25, 0.3) is 0 Å². The minimum atomic E-state index is -0.0331. The predicted molar refractivity (Wildman–Crippen MR) is 80.5 cm³/mol. The highest BCUT2D eigenvalue weighted by Gasteiger charge is 2.38. The van der Waals surface area contributed by atoms with Gasteiger partial charge in [-0.05, 0) is 42.6 Å². The third kappa shape index (κ3) is 4.74. The van der Waals surface area contributed by atoms with E-state index in [0.717, 1.165) is 25.7 Å². The molecule has 20 heavy (non-hydrogen) atoms. The molecule has 2 aliphatic rings. The quantitative estimate of drug-likeness (QED) is 0.444. The molecule has 1 heterocycles. The number of allylic oxidation sites excluding steroid dienone is 1. The molecule has 0 saturated heterocycles. The zero-order valence-electron chi connectivity index (χ0n) is 12.9. The van der Waals surface area contributed by atoms with Gasteiger partial charge in [-0.15, -0.1) is 0 Å². The molecule has 4 heteroatoms. The minimum absolute atomic E-state index is 0.0331. The van der Waals surface area contributed by atoms with Crippen molar-refractivity contribution in [2.24, 2.45) is 11.8 Å². The van der Waals surface area contributed by atoms with E-state index in [1.54, 1.807) is 0 Å².